The smallest absolute Gasteiger partial charge is 0.424 e. The Hall–Kier alpha value is -3.46. The highest BCUT2D eigenvalue weighted by Crippen LogP contribution is 2.45. The van der Waals surface area contributed by atoms with E-state index in [0.717, 1.165) is 11.1 Å². The third-order valence-electron chi connectivity index (χ3n) is 5.98. The summed E-state index contributed by atoms with van der Waals surface area (Å²) in [6, 6.07) is 15.4. The number of para-hydroxylation sites is 2. The van der Waals surface area contributed by atoms with E-state index in [4.69, 9.17) is 14.2 Å². The number of fused-ring (bicyclic) bond motifs is 1. The standard InChI is InChI=1S/C25H23F3N2O4/c26-24(27,28)25(33-20-8-4-5-9-21(20)34-25)29-23(31)19-11-10-18(16-17-6-2-1-3-7-17)22(19)30-12-14-32-15-13-30/h1-9,16H,10-15H2,(H,29,31)/b18-16-. The van der Waals surface area contributed by atoms with Crippen LogP contribution in [0.4, 0.5) is 13.2 Å². The maximum absolute atomic E-state index is 14.1. The Morgan fingerprint density at radius 1 is 0.941 bits per heavy atom. The molecular formula is C25H23F3N2O4. The van der Waals surface area contributed by atoms with Gasteiger partial charge < -0.3 is 19.1 Å². The molecule has 0 radical (unpaired) electrons. The summed E-state index contributed by atoms with van der Waals surface area (Å²) in [5.74, 6) is -4.33. The van der Waals surface area contributed by atoms with Gasteiger partial charge in [0.25, 0.3) is 5.91 Å². The van der Waals surface area contributed by atoms with Crippen molar-refractivity contribution >= 4 is 12.0 Å². The lowest BCUT2D eigenvalue weighted by Crippen LogP contribution is -2.65. The minimum atomic E-state index is -5.01. The molecule has 2 aromatic rings. The largest absolute Gasteiger partial charge is 0.492 e. The van der Waals surface area contributed by atoms with Crippen LogP contribution in [-0.2, 0) is 9.53 Å². The van der Waals surface area contributed by atoms with Gasteiger partial charge in [0.05, 0.1) is 13.2 Å². The summed E-state index contributed by atoms with van der Waals surface area (Å²) >= 11 is 0. The van der Waals surface area contributed by atoms with Gasteiger partial charge in [0, 0.05) is 24.4 Å². The van der Waals surface area contributed by atoms with E-state index in [1.54, 1.807) is 0 Å². The zero-order chi connectivity index (χ0) is 23.8. The van der Waals surface area contributed by atoms with Crippen LogP contribution in [0.25, 0.3) is 6.08 Å². The topological polar surface area (TPSA) is 60.0 Å². The number of nitrogens with zero attached hydrogens (tertiary/aromatic N) is 1. The Morgan fingerprint density at radius 2 is 1.56 bits per heavy atom. The number of hydrogen-bond acceptors (Lipinski definition) is 5. The van der Waals surface area contributed by atoms with Crippen LogP contribution in [0, 0.1) is 0 Å². The molecule has 178 valence electrons. The fraction of sp³-hybridized carbons (Fsp3) is 0.320. The SMILES string of the molecule is O=C(NC1(C(F)(F)F)Oc2ccccc2O1)C1=C(N2CCOCC2)/C(=C\c2ccccc2)CC1. The molecule has 6 nitrogen and oxygen atoms in total. The molecule has 5 rings (SSSR count). The normalized spacial score (nSPS) is 20.7. The summed E-state index contributed by atoms with van der Waals surface area (Å²) in [6.07, 6.45) is -2.20. The molecule has 0 aromatic heterocycles. The minimum absolute atomic E-state index is 0.0846. The third-order valence-corrected chi connectivity index (χ3v) is 5.98. The number of benzene rings is 2. The number of hydrogen-bond donors (Lipinski definition) is 1. The Morgan fingerprint density at radius 3 is 2.18 bits per heavy atom. The maximum atomic E-state index is 14.1. The summed E-state index contributed by atoms with van der Waals surface area (Å²) in [7, 11) is 0. The van der Waals surface area contributed by atoms with Gasteiger partial charge >= 0.3 is 12.1 Å². The average Bonchev–Trinajstić information content (AvgIpc) is 3.42. The summed E-state index contributed by atoms with van der Waals surface area (Å²) < 4.78 is 58.1. The molecule has 0 spiro atoms. The number of alkyl halides is 3. The Kier molecular flexibility index (Phi) is 5.73. The first kappa shape index (κ1) is 22.3. The van der Waals surface area contributed by atoms with Crippen molar-refractivity contribution in [3.05, 3.63) is 77.0 Å². The number of rotatable bonds is 4. The highest BCUT2D eigenvalue weighted by atomic mass is 19.4. The van der Waals surface area contributed by atoms with Crippen molar-refractivity contribution in [3.63, 3.8) is 0 Å². The van der Waals surface area contributed by atoms with Crippen LogP contribution >= 0.6 is 0 Å². The van der Waals surface area contributed by atoms with Crippen LogP contribution in [0.5, 0.6) is 11.5 Å². The molecule has 2 heterocycles. The van der Waals surface area contributed by atoms with E-state index in [0.29, 0.717) is 44.8 Å². The first-order chi connectivity index (χ1) is 16.4. The molecule has 9 heteroatoms. The van der Waals surface area contributed by atoms with Crippen LogP contribution in [0.1, 0.15) is 18.4 Å². The fourth-order valence-corrected chi connectivity index (χ4v) is 4.40. The Bertz CT molecular complexity index is 1110. The molecule has 34 heavy (non-hydrogen) atoms. The van der Waals surface area contributed by atoms with Crippen molar-refractivity contribution in [2.24, 2.45) is 0 Å². The molecular weight excluding hydrogens is 449 g/mol. The number of nitrogens with one attached hydrogen (secondary N) is 1. The van der Waals surface area contributed by atoms with Crippen LogP contribution in [-0.4, -0.2) is 49.2 Å². The highest BCUT2D eigenvalue weighted by Gasteiger charge is 2.65. The van der Waals surface area contributed by atoms with Gasteiger partial charge in [-0.05, 0) is 42.2 Å². The summed E-state index contributed by atoms with van der Waals surface area (Å²) in [5, 5.41) is 2.02. The predicted octanol–water partition coefficient (Wildman–Crippen LogP) is 4.25. The van der Waals surface area contributed by atoms with E-state index < -0.39 is 18.0 Å². The monoisotopic (exact) mass is 472 g/mol. The highest BCUT2D eigenvalue weighted by molar-refractivity contribution is 5.96. The lowest BCUT2D eigenvalue weighted by atomic mass is 10.1. The Labute approximate surface area is 194 Å². The number of amides is 1. The third kappa shape index (κ3) is 4.11. The molecule has 2 aliphatic heterocycles. The van der Waals surface area contributed by atoms with Gasteiger partial charge in [0.2, 0.25) is 0 Å². The lowest BCUT2D eigenvalue weighted by Gasteiger charge is -2.33. The van der Waals surface area contributed by atoms with E-state index >= 15 is 0 Å². The molecule has 3 aliphatic rings. The first-order valence-electron chi connectivity index (χ1n) is 11.0. The van der Waals surface area contributed by atoms with Crippen LogP contribution in [0.2, 0.25) is 0 Å². The molecule has 2 aromatic carbocycles. The van der Waals surface area contributed by atoms with Crippen LogP contribution < -0.4 is 14.8 Å². The van der Waals surface area contributed by atoms with E-state index in [1.165, 1.54) is 24.3 Å². The second-order valence-electron chi connectivity index (χ2n) is 8.23. The van der Waals surface area contributed by atoms with Crippen molar-refractivity contribution < 1.29 is 32.2 Å². The van der Waals surface area contributed by atoms with E-state index in [1.807, 2.05) is 46.6 Å². The molecule has 0 bridgehead atoms. The minimum Gasteiger partial charge on any atom is -0.424 e. The molecule has 1 aliphatic carbocycles. The molecule has 1 N–H and O–H groups in total. The number of halogens is 3. The van der Waals surface area contributed by atoms with Crippen molar-refractivity contribution in [3.8, 4) is 11.5 Å². The van der Waals surface area contributed by atoms with E-state index in [2.05, 4.69) is 0 Å². The van der Waals surface area contributed by atoms with Gasteiger partial charge in [-0.2, -0.15) is 13.2 Å². The van der Waals surface area contributed by atoms with Crippen LogP contribution in [0.3, 0.4) is 0 Å². The van der Waals surface area contributed by atoms with Gasteiger partial charge in [-0.1, -0.05) is 42.5 Å². The number of carbonyl (C=O) groups is 1. The quantitative estimate of drug-likeness (QED) is 0.721. The van der Waals surface area contributed by atoms with E-state index in [9.17, 15) is 18.0 Å². The summed E-state index contributed by atoms with van der Waals surface area (Å²) in [4.78, 5) is 15.3. The molecule has 1 amide bonds. The Balaban J connectivity index is 1.50. The second-order valence-corrected chi connectivity index (χ2v) is 8.23. The second kappa shape index (κ2) is 8.72. The average molecular weight is 472 g/mol. The van der Waals surface area contributed by atoms with Crippen molar-refractivity contribution in [1.29, 1.82) is 0 Å². The van der Waals surface area contributed by atoms with Crippen molar-refractivity contribution in [2.75, 3.05) is 26.3 Å². The zero-order valence-corrected chi connectivity index (χ0v) is 18.2. The zero-order valence-electron chi connectivity index (χ0n) is 18.2. The summed E-state index contributed by atoms with van der Waals surface area (Å²) in [5.41, 5.74) is 2.78. The molecule has 1 saturated heterocycles. The number of carbonyl (C=O) groups excluding carboxylic acids is 1. The van der Waals surface area contributed by atoms with Crippen molar-refractivity contribution in [1.82, 2.24) is 10.2 Å². The summed E-state index contributed by atoms with van der Waals surface area (Å²) in [6.45, 7) is 2.04. The van der Waals surface area contributed by atoms with Crippen LogP contribution in [0.15, 0.2) is 71.4 Å². The fourth-order valence-electron chi connectivity index (χ4n) is 4.40. The van der Waals surface area contributed by atoms with Gasteiger partial charge in [-0.25, -0.2) is 0 Å². The molecule has 0 atom stereocenters. The molecule has 0 unspecified atom stereocenters. The van der Waals surface area contributed by atoms with E-state index in [-0.39, 0.29) is 17.1 Å². The number of ether oxygens (including phenoxy) is 3. The molecule has 1 fully saturated rings. The van der Waals surface area contributed by atoms with Crippen molar-refractivity contribution in [2.45, 2.75) is 24.9 Å². The lowest BCUT2D eigenvalue weighted by molar-refractivity contribution is -0.319. The van der Waals surface area contributed by atoms with Gasteiger partial charge in [0.15, 0.2) is 11.5 Å². The first-order valence-corrected chi connectivity index (χ1v) is 11.0. The van der Waals surface area contributed by atoms with Gasteiger partial charge in [-0.3, -0.25) is 10.1 Å². The number of allylic oxidation sites excluding steroid dienone is 1. The van der Waals surface area contributed by atoms with Gasteiger partial charge in [0.1, 0.15) is 0 Å². The predicted molar refractivity (Wildman–Crippen MR) is 118 cm³/mol. The number of morpholine rings is 1. The molecule has 0 saturated carbocycles. The maximum Gasteiger partial charge on any atom is 0.492 e. The van der Waals surface area contributed by atoms with Gasteiger partial charge in [-0.15, -0.1) is 0 Å².